The van der Waals surface area contributed by atoms with Gasteiger partial charge in [0.2, 0.25) is 0 Å². The summed E-state index contributed by atoms with van der Waals surface area (Å²) in [6.45, 7) is 0.349. The summed E-state index contributed by atoms with van der Waals surface area (Å²) in [5.74, 6) is 1.29. The van der Waals surface area contributed by atoms with Crippen LogP contribution in [0.3, 0.4) is 0 Å². The van der Waals surface area contributed by atoms with Crippen LogP contribution in [0.2, 0.25) is 5.15 Å². The number of aryl methyl sites for hydroxylation is 1. The van der Waals surface area contributed by atoms with Gasteiger partial charge in [0.05, 0.1) is 0 Å². The van der Waals surface area contributed by atoms with E-state index in [0.717, 1.165) is 18.5 Å². The molecule has 1 aromatic heterocycles. The molecule has 0 atom stereocenters. The largest absolute Gasteiger partial charge is 0.377 e. The molecular weight excluding hydrogens is 286 g/mol. The highest BCUT2D eigenvalue weighted by atomic mass is 35.5. The number of halogens is 1. The number of nitrogens with one attached hydrogen (secondary N) is 1. The summed E-state index contributed by atoms with van der Waals surface area (Å²) in [6, 6.07) is 8.13. The Bertz CT molecular complexity index is 645. The van der Waals surface area contributed by atoms with Crippen LogP contribution in [0.25, 0.3) is 0 Å². The van der Waals surface area contributed by atoms with E-state index in [1.54, 1.807) is 13.2 Å². The molecule has 0 unspecified atom stereocenters. The third-order valence-electron chi connectivity index (χ3n) is 3.67. The molecule has 1 N–H and O–H groups in total. The lowest BCUT2D eigenvalue weighted by Gasteiger charge is -2.20. The average Bonchev–Trinajstić information content (AvgIpc) is 2.47. The Morgan fingerprint density at radius 2 is 2.10 bits per heavy atom. The maximum atomic E-state index is 6.05. The van der Waals surface area contributed by atoms with Gasteiger partial charge in [0.25, 0.3) is 0 Å². The molecule has 0 fully saturated rings. The van der Waals surface area contributed by atoms with Crippen LogP contribution in [-0.4, -0.2) is 17.1 Å². The zero-order valence-electron chi connectivity index (χ0n) is 12.0. The van der Waals surface area contributed by atoms with Gasteiger partial charge in [-0.25, -0.2) is 9.97 Å². The number of nitrogens with zero attached hydrogens (tertiary/aromatic N) is 2. The molecule has 1 aliphatic carbocycles. The molecule has 0 saturated heterocycles. The summed E-state index contributed by atoms with van der Waals surface area (Å²) >= 11 is 6.05. The number of hydrogen-bond donors (Lipinski definition) is 1. The number of benzene rings is 1. The van der Waals surface area contributed by atoms with Gasteiger partial charge in [0, 0.05) is 18.9 Å². The van der Waals surface area contributed by atoms with Gasteiger partial charge in [0.15, 0.2) is 5.82 Å². The fourth-order valence-corrected chi connectivity index (χ4v) is 2.96. The smallest absolute Gasteiger partial charge is 0.158 e. The minimum absolute atomic E-state index is 0.349. The summed E-state index contributed by atoms with van der Waals surface area (Å²) in [7, 11) is 1.62. The van der Waals surface area contributed by atoms with E-state index >= 15 is 0 Å². The number of anilines is 2. The van der Waals surface area contributed by atoms with Crippen molar-refractivity contribution in [3.05, 3.63) is 46.4 Å². The lowest BCUT2D eigenvalue weighted by molar-refractivity contribution is 0.178. The van der Waals surface area contributed by atoms with Crippen LogP contribution in [0.15, 0.2) is 24.3 Å². The first-order valence-electron chi connectivity index (χ1n) is 7.16. The summed E-state index contributed by atoms with van der Waals surface area (Å²) in [5.41, 5.74) is 3.95. The van der Waals surface area contributed by atoms with Crippen molar-refractivity contribution in [2.45, 2.75) is 32.3 Å². The van der Waals surface area contributed by atoms with E-state index in [4.69, 9.17) is 16.3 Å². The predicted molar refractivity (Wildman–Crippen MR) is 84.1 cm³/mol. The van der Waals surface area contributed by atoms with Crippen molar-refractivity contribution in [2.24, 2.45) is 0 Å². The second-order valence-corrected chi connectivity index (χ2v) is 5.59. The van der Waals surface area contributed by atoms with Crippen LogP contribution < -0.4 is 5.32 Å². The molecule has 0 amide bonds. The van der Waals surface area contributed by atoms with Crippen molar-refractivity contribution >= 4 is 23.1 Å². The highest BCUT2D eigenvalue weighted by molar-refractivity contribution is 6.29. The third-order valence-corrected chi connectivity index (χ3v) is 3.87. The minimum atomic E-state index is 0.349. The normalized spacial score (nSPS) is 13.8. The van der Waals surface area contributed by atoms with Gasteiger partial charge >= 0.3 is 0 Å². The average molecular weight is 304 g/mol. The van der Waals surface area contributed by atoms with Crippen molar-refractivity contribution in [2.75, 3.05) is 12.4 Å². The quantitative estimate of drug-likeness (QED) is 0.870. The number of methoxy groups -OCH3 is 1. The maximum absolute atomic E-state index is 6.05. The number of fused-ring (bicyclic) bond motifs is 1. The molecular formula is C16H18ClN3O. The van der Waals surface area contributed by atoms with Gasteiger partial charge < -0.3 is 10.1 Å². The Kier molecular flexibility index (Phi) is 4.36. The molecule has 0 saturated carbocycles. The van der Waals surface area contributed by atoms with E-state index < -0.39 is 0 Å². The van der Waals surface area contributed by atoms with E-state index in [9.17, 15) is 0 Å². The molecule has 0 radical (unpaired) electrons. The zero-order chi connectivity index (χ0) is 14.7. The third kappa shape index (κ3) is 3.34. The van der Waals surface area contributed by atoms with Gasteiger partial charge in [-0.2, -0.15) is 0 Å². The predicted octanol–water partition coefficient (Wildman–Crippen LogP) is 3.90. The Labute approximate surface area is 129 Å². The first-order chi connectivity index (χ1) is 10.3. The summed E-state index contributed by atoms with van der Waals surface area (Å²) in [5, 5.41) is 3.80. The molecule has 4 nitrogen and oxygen atoms in total. The van der Waals surface area contributed by atoms with Crippen LogP contribution in [0.4, 0.5) is 11.5 Å². The molecule has 110 valence electrons. The van der Waals surface area contributed by atoms with Crippen LogP contribution in [0.1, 0.15) is 29.8 Å². The Balaban J connectivity index is 1.90. The topological polar surface area (TPSA) is 47.0 Å². The van der Waals surface area contributed by atoms with Crippen LogP contribution in [-0.2, 0) is 24.2 Å². The highest BCUT2D eigenvalue weighted by Crippen LogP contribution is 2.29. The molecule has 5 heteroatoms. The van der Waals surface area contributed by atoms with Crippen molar-refractivity contribution < 1.29 is 4.74 Å². The number of hydrogen-bond acceptors (Lipinski definition) is 4. The summed E-state index contributed by atoms with van der Waals surface area (Å²) < 4.78 is 5.07. The van der Waals surface area contributed by atoms with Crippen LogP contribution in [0, 0.1) is 0 Å². The lowest BCUT2D eigenvalue weighted by atomic mass is 9.90. The molecule has 0 spiro atoms. The fourth-order valence-electron chi connectivity index (χ4n) is 2.76. The Morgan fingerprint density at radius 1 is 1.24 bits per heavy atom. The standard InChI is InChI=1S/C16H18ClN3O/c1-21-10-16-19-14(17)9-15(20-16)18-13-8-4-6-11-5-2-3-7-12(11)13/h4,6,8-9H,2-3,5,7,10H2,1H3,(H,18,19,20). The zero-order valence-corrected chi connectivity index (χ0v) is 12.8. The number of aromatic nitrogens is 2. The molecule has 1 aliphatic rings. The van der Waals surface area contributed by atoms with E-state index in [1.807, 2.05) is 0 Å². The van der Waals surface area contributed by atoms with Gasteiger partial charge in [-0.15, -0.1) is 0 Å². The van der Waals surface area contributed by atoms with Gasteiger partial charge in [-0.05, 0) is 42.9 Å². The summed E-state index contributed by atoms with van der Waals surface area (Å²) in [4.78, 5) is 8.58. The molecule has 3 rings (SSSR count). The second kappa shape index (κ2) is 6.41. The van der Waals surface area contributed by atoms with Gasteiger partial charge in [-0.1, -0.05) is 23.7 Å². The fraction of sp³-hybridized carbons (Fsp3) is 0.375. The number of rotatable bonds is 4. The summed E-state index contributed by atoms with van der Waals surface area (Å²) in [6.07, 6.45) is 4.78. The van der Waals surface area contributed by atoms with Crippen molar-refractivity contribution in [3.63, 3.8) is 0 Å². The Morgan fingerprint density at radius 3 is 2.95 bits per heavy atom. The minimum Gasteiger partial charge on any atom is -0.377 e. The monoisotopic (exact) mass is 303 g/mol. The molecule has 1 aromatic carbocycles. The first-order valence-corrected chi connectivity index (χ1v) is 7.54. The number of ether oxygens (including phenoxy) is 1. The second-order valence-electron chi connectivity index (χ2n) is 5.20. The lowest BCUT2D eigenvalue weighted by Crippen LogP contribution is -2.07. The molecule has 0 aliphatic heterocycles. The van der Waals surface area contributed by atoms with E-state index in [0.29, 0.717) is 23.4 Å². The van der Waals surface area contributed by atoms with Crippen LogP contribution >= 0.6 is 11.6 Å². The van der Waals surface area contributed by atoms with E-state index in [1.165, 1.54) is 24.0 Å². The van der Waals surface area contributed by atoms with E-state index in [2.05, 4.69) is 33.5 Å². The van der Waals surface area contributed by atoms with Gasteiger partial charge in [0.1, 0.15) is 17.6 Å². The molecule has 0 bridgehead atoms. The first kappa shape index (κ1) is 14.3. The van der Waals surface area contributed by atoms with E-state index in [-0.39, 0.29) is 0 Å². The molecule has 21 heavy (non-hydrogen) atoms. The van der Waals surface area contributed by atoms with Crippen molar-refractivity contribution in [1.29, 1.82) is 0 Å². The molecule has 1 heterocycles. The SMILES string of the molecule is COCc1nc(Cl)cc(Nc2cccc3c2CCCC3)n1. The molecule has 2 aromatic rings. The van der Waals surface area contributed by atoms with Gasteiger partial charge in [-0.3, -0.25) is 0 Å². The van der Waals surface area contributed by atoms with Crippen LogP contribution in [0.5, 0.6) is 0 Å². The van der Waals surface area contributed by atoms with Crippen molar-refractivity contribution in [1.82, 2.24) is 9.97 Å². The maximum Gasteiger partial charge on any atom is 0.158 e. The van der Waals surface area contributed by atoms with Crippen molar-refractivity contribution in [3.8, 4) is 0 Å². The highest BCUT2D eigenvalue weighted by Gasteiger charge is 2.13. The Hall–Kier alpha value is -1.65.